The third-order valence-electron chi connectivity index (χ3n) is 5.38. The number of nitrogens with one attached hydrogen (secondary N) is 1. The number of hydrogen-bond donors (Lipinski definition) is 1. The van der Waals surface area contributed by atoms with Crippen molar-refractivity contribution in [1.29, 1.82) is 5.26 Å². The minimum absolute atomic E-state index is 0.0990. The number of thiazole rings is 1. The smallest absolute Gasteiger partial charge is 0.343 e. The predicted octanol–water partition coefficient (Wildman–Crippen LogP) is 6.08. The van der Waals surface area contributed by atoms with Crippen LogP contribution in [0.4, 0.5) is 5.13 Å². The van der Waals surface area contributed by atoms with E-state index in [4.69, 9.17) is 9.47 Å². The first-order valence-electron chi connectivity index (χ1n) is 11.2. The molecule has 0 aliphatic carbocycles. The zero-order valence-corrected chi connectivity index (χ0v) is 20.8. The molecule has 0 atom stereocenters. The van der Waals surface area contributed by atoms with Gasteiger partial charge < -0.3 is 9.47 Å². The van der Waals surface area contributed by atoms with Crippen molar-refractivity contribution in [2.24, 2.45) is 0 Å². The number of anilines is 1. The number of carbonyl (C=O) groups excluding carboxylic acids is 2. The van der Waals surface area contributed by atoms with E-state index in [-0.39, 0.29) is 11.3 Å². The van der Waals surface area contributed by atoms with Crippen molar-refractivity contribution in [1.82, 2.24) is 4.98 Å². The molecule has 0 bridgehead atoms. The summed E-state index contributed by atoms with van der Waals surface area (Å²) in [5.41, 5.74) is 3.91. The Morgan fingerprint density at radius 3 is 2.53 bits per heavy atom. The third kappa shape index (κ3) is 5.59. The fourth-order valence-electron chi connectivity index (χ4n) is 3.41. The van der Waals surface area contributed by atoms with E-state index < -0.39 is 11.9 Å². The number of nitriles is 1. The van der Waals surface area contributed by atoms with Crippen LogP contribution in [0.3, 0.4) is 0 Å². The fourth-order valence-corrected chi connectivity index (χ4v) is 4.35. The number of ether oxygens (including phenoxy) is 2. The van der Waals surface area contributed by atoms with Crippen molar-refractivity contribution in [3.63, 3.8) is 0 Å². The van der Waals surface area contributed by atoms with Crippen LogP contribution in [0.1, 0.15) is 34.0 Å². The molecule has 8 heteroatoms. The van der Waals surface area contributed by atoms with Gasteiger partial charge in [-0.1, -0.05) is 35.6 Å². The number of carbonyl (C=O) groups is 2. The molecule has 1 N–H and O–H groups in total. The van der Waals surface area contributed by atoms with Crippen LogP contribution in [-0.2, 0) is 4.79 Å². The molecule has 4 aromatic rings. The molecule has 1 amide bonds. The Balaban J connectivity index is 1.55. The molecule has 0 aliphatic heterocycles. The summed E-state index contributed by atoms with van der Waals surface area (Å²) in [4.78, 5) is 29.7. The zero-order valence-electron chi connectivity index (χ0n) is 20.0. The highest BCUT2D eigenvalue weighted by atomic mass is 32.1. The number of nitrogens with zero attached hydrogens (tertiary/aromatic N) is 2. The number of aromatic nitrogens is 1. The Kier molecular flexibility index (Phi) is 7.42. The van der Waals surface area contributed by atoms with Gasteiger partial charge in [0.15, 0.2) is 16.6 Å². The largest absolute Gasteiger partial charge is 0.490 e. The SMILES string of the molecule is CCOc1cc(C=C(C#N)C(=O)Nc2nc3cc(C)c(C)cc3s2)ccc1OC(=O)c1ccccc1. The normalized spacial score (nSPS) is 11.1. The first kappa shape index (κ1) is 24.6. The summed E-state index contributed by atoms with van der Waals surface area (Å²) in [5, 5.41) is 12.8. The van der Waals surface area contributed by atoms with E-state index in [0.29, 0.717) is 28.6 Å². The lowest BCUT2D eigenvalue weighted by atomic mass is 10.1. The van der Waals surface area contributed by atoms with E-state index in [1.807, 2.05) is 38.1 Å². The Hall–Kier alpha value is -4.48. The molecule has 0 aliphatic rings. The molecule has 4 rings (SSSR count). The highest BCUT2D eigenvalue weighted by molar-refractivity contribution is 7.22. The molecule has 1 aromatic heterocycles. The summed E-state index contributed by atoms with van der Waals surface area (Å²) in [6, 6.07) is 19.4. The van der Waals surface area contributed by atoms with Crippen molar-refractivity contribution in [3.8, 4) is 17.6 Å². The van der Waals surface area contributed by atoms with E-state index in [0.717, 1.165) is 21.3 Å². The molecule has 180 valence electrons. The fraction of sp³-hybridized carbons (Fsp3) is 0.143. The van der Waals surface area contributed by atoms with Gasteiger partial charge in [-0.05, 0) is 79.9 Å². The lowest BCUT2D eigenvalue weighted by Gasteiger charge is -2.11. The van der Waals surface area contributed by atoms with Crippen molar-refractivity contribution >= 4 is 44.6 Å². The molecule has 7 nitrogen and oxygen atoms in total. The second-order valence-electron chi connectivity index (χ2n) is 7.94. The maximum Gasteiger partial charge on any atom is 0.343 e. The lowest BCUT2D eigenvalue weighted by molar-refractivity contribution is -0.112. The highest BCUT2D eigenvalue weighted by Gasteiger charge is 2.16. The third-order valence-corrected chi connectivity index (χ3v) is 6.31. The molecule has 0 saturated heterocycles. The molecule has 36 heavy (non-hydrogen) atoms. The van der Waals surface area contributed by atoms with Gasteiger partial charge in [0.1, 0.15) is 11.6 Å². The molecule has 3 aromatic carbocycles. The highest BCUT2D eigenvalue weighted by Crippen LogP contribution is 2.31. The van der Waals surface area contributed by atoms with E-state index in [2.05, 4.69) is 10.3 Å². The number of esters is 1. The first-order valence-corrected chi connectivity index (χ1v) is 12.0. The number of fused-ring (bicyclic) bond motifs is 1. The summed E-state index contributed by atoms with van der Waals surface area (Å²) >= 11 is 1.35. The quantitative estimate of drug-likeness (QED) is 0.144. The first-order chi connectivity index (χ1) is 17.4. The molecule has 0 saturated carbocycles. The van der Waals surface area contributed by atoms with Crippen LogP contribution in [0.5, 0.6) is 11.5 Å². The average molecular weight is 498 g/mol. The van der Waals surface area contributed by atoms with Crippen LogP contribution in [-0.4, -0.2) is 23.5 Å². The molecular formula is C28H23N3O4S. The lowest BCUT2D eigenvalue weighted by Crippen LogP contribution is -2.13. The summed E-state index contributed by atoms with van der Waals surface area (Å²) in [7, 11) is 0. The van der Waals surface area contributed by atoms with Crippen molar-refractivity contribution in [2.45, 2.75) is 20.8 Å². The molecular weight excluding hydrogens is 474 g/mol. The number of aryl methyl sites for hydroxylation is 2. The van der Waals surface area contributed by atoms with E-state index >= 15 is 0 Å². The number of benzene rings is 3. The number of hydrogen-bond acceptors (Lipinski definition) is 7. The van der Waals surface area contributed by atoms with Gasteiger partial charge in [-0.2, -0.15) is 5.26 Å². The molecule has 0 radical (unpaired) electrons. The summed E-state index contributed by atoms with van der Waals surface area (Å²) in [6.07, 6.45) is 1.45. The standard InChI is InChI=1S/C28H23N3O4S/c1-4-34-24-15-19(10-11-23(24)35-27(33)20-8-6-5-7-9-20)14-21(16-29)26(32)31-28-30-22-12-17(2)18(3)13-25(22)36-28/h5-15H,4H2,1-3H3,(H,30,31,32). The Labute approximate surface area is 212 Å². The number of amides is 1. The summed E-state index contributed by atoms with van der Waals surface area (Å²) in [6.45, 7) is 6.17. The van der Waals surface area contributed by atoms with Crippen molar-refractivity contribution in [2.75, 3.05) is 11.9 Å². The van der Waals surface area contributed by atoms with E-state index in [9.17, 15) is 14.9 Å². The minimum atomic E-state index is -0.567. The topological polar surface area (TPSA) is 101 Å². The summed E-state index contributed by atoms with van der Waals surface area (Å²) < 4.78 is 12.1. The van der Waals surface area contributed by atoms with Crippen LogP contribution in [0.25, 0.3) is 16.3 Å². The van der Waals surface area contributed by atoms with Crippen molar-refractivity contribution in [3.05, 3.63) is 88.5 Å². The Morgan fingerprint density at radius 1 is 1.06 bits per heavy atom. The van der Waals surface area contributed by atoms with E-state index in [1.165, 1.54) is 17.4 Å². The van der Waals surface area contributed by atoms with Crippen molar-refractivity contribution < 1.29 is 19.1 Å². The monoisotopic (exact) mass is 497 g/mol. The molecule has 1 heterocycles. The Bertz CT molecular complexity index is 1480. The maximum absolute atomic E-state index is 12.8. The van der Waals surface area contributed by atoms with Gasteiger partial charge in [-0.3, -0.25) is 10.1 Å². The van der Waals surface area contributed by atoms with Gasteiger partial charge in [0.05, 0.1) is 22.4 Å². The van der Waals surface area contributed by atoms with Gasteiger partial charge in [-0.25, -0.2) is 9.78 Å². The van der Waals surface area contributed by atoms with Crippen LogP contribution in [0.15, 0.2) is 66.2 Å². The minimum Gasteiger partial charge on any atom is -0.490 e. The molecule has 0 fully saturated rings. The average Bonchev–Trinajstić information content (AvgIpc) is 3.25. The summed E-state index contributed by atoms with van der Waals surface area (Å²) in [5.74, 6) is -0.517. The van der Waals surface area contributed by atoms with Gasteiger partial charge in [0, 0.05) is 0 Å². The van der Waals surface area contributed by atoms with E-state index in [1.54, 1.807) is 49.4 Å². The molecule has 0 unspecified atom stereocenters. The van der Waals surface area contributed by atoms with Crippen LogP contribution in [0, 0.1) is 25.2 Å². The predicted molar refractivity (Wildman–Crippen MR) is 140 cm³/mol. The second-order valence-corrected chi connectivity index (χ2v) is 8.97. The van der Waals surface area contributed by atoms with Gasteiger partial charge in [0.25, 0.3) is 5.91 Å². The van der Waals surface area contributed by atoms with Crippen LogP contribution < -0.4 is 14.8 Å². The number of rotatable bonds is 7. The maximum atomic E-state index is 12.8. The van der Waals surface area contributed by atoms with Gasteiger partial charge in [0.2, 0.25) is 0 Å². The van der Waals surface area contributed by atoms with Gasteiger partial charge >= 0.3 is 5.97 Å². The van der Waals surface area contributed by atoms with Gasteiger partial charge in [-0.15, -0.1) is 0 Å². The molecule has 0 spiro atoms. The second kappa shape index (κ2) is 10.8. The zero-order chi connectivity index (χ0) is 25.7. The Morgan fingerprint density at radius 2 is 1.81 bits per heavy atom. The van der Waals surface area contributed by atoms with Crippen LogP contribution in [0.2, 0.25) is 0 Å². The van der Waals surface area contributed by atoms with Crippen LogP contribution >= 0.6 is 11.3 Å².